The number of benzene rings is 1. The van der Waals surface area contributed by atoms with Crippen molar-refractivity contribution in [2.75, 3.05) is 0 Å². The van der Waals surface area contributed by atoms with Crippen LogP contribution in [0, 0.1) is 5.82 Å². The van der Waals surface area contributed by atoms with E-state index in [1.807, 2.05) is 6.07 Å². The number of nitrogens with two attached hydrogens (primary N) is 1. The van der Waals surface area contributed by atoms with Crippen molar-refractivity contribution in [3.63, 3.8) is 0 Å². The van der Waals surface area contributed by atoms with E-state index in [0.29, 0.717) is 10.0 Å². The summed E-state index contributed by atoms with van der Waals surface area (Å²) in [5.41, 5.74) is 4.21. The summed E-state index contributed by atoms with van der Waals surface area (Å²) in [6.45, 7) is 2.79. The minimum atomic E-state index is -0.353. The van der Waals surface area contributed by atoms with E-state index in [4.69, 9.17) is 5.84 Å². The molecule has 0 aliphatic rings. The molecule has 0 saturated heterocycles. The molecular formula is C12H15BrFN5. The first-order valence-electron chi connectivity index (χ1n) is 5.96. The molecule has 1 unspecified atom stereocenters. The van der Waals surface area contributed by atoms with E-state index in [2.05, 4.69) is 38.6 Å². The summed E-state index contributed by atoms with van der Waals surface area (Å²) in [7, 11) is 0. The van der Waals surface area contributed by atoms with Gasteiger partial charge in [-0.1, -0.05) is 28.1 Å². The zero-order chi connectivity index (χ0) is 13.8. The average molecular weight is 328 g/mol. The van der Waals surface area contributed by atoms with Crippen LogP contribution < -0.4 is 11.3 Å². The monoisotopic (exact) mass is 327 g/mol. The predicted molar refractivity (Wildman–Crippen MR) is 73.6 cm³/mol. The number of hydrogen-bond donors (Lipinski definition) is 2. The van der Waals surface area contributed by atoms with Gasteiger partial charge in [0.2, 0.25) is 0 Å². The number of rotatable bonds is 5. The molecule has 1 aromatic carbocycles. The SMILES string of the molecule is CCCn1nncc1C(NN)c1cc(F)cc(Br)c1. The molecule has 0 spiro atoms. The van der Waals surface area contributed by atoms with Crippen LogP contribution in [0.25, 0.3) is 0 Å². The Morgan fingerprint density at radius 1 is 1.47 bits per heavy atom. The van der Waals surface area contributed by atoms with Crippen molar-refractivity contribution in [3.8, 4) is 0 Å². The highest BCUT2D eigenvalue weighted by atomic mass is 79.9. The lowest BCUT2D eigenvalue weighted by Gasteiger charge is -2.17. The highest BCUT2D eigenvalue weighted by Crippen LogP contribution is 2.24. The highest BCUT2D eigenvalue weighted by molar-refractivity contribution is 9.10. The Balaban J connectivity index is 2.40. The molecule has 102 valence electrons. The molecule has 0 fully saturated rings. The topological polar surface area (TPSA) is 68.8 Å². The molecule has 19 heavy (non-hydrogen) atoms. The van der Waals surface area contributed by atoms with Crippen molar-refractivity contribution >= 4 is 15.9 Å². The van der Waals surface area contributed by atoms with Gasteiger partial charge >= 0.3 is 0 Å². The molecule has 0 bridgehead atoms. The molecular weight excluding hydrogens is 313 g/mol. The fourth-order valence-electron chi connectivity index (χ4n) is 1.97. The molecule has 0 radical (unpaired) electrons. The zero-order valence-electron chi connectivity index (χ0n) is 10.5. The lowest BCUT2D eigenvalue weighted by Crippen LogP contribution is -2.30. The van der Waals surface area contributed by atoms with Gasteiger partial charge in [0, 0.05) is 11.0 Å². The number of halogens is 2. The molecule has 1 heterocycles. The number of nitrogens with zero attached hydrogens (tertiary/aromatic N) is 3. The van der Waals surface area contributed by atoms with E-state index < -0.39 is 0 Å². The Morgan fingerprint density at radius 2 is 2.26 bits per heavy atom. The van der Waals surface area contributed by atoms with Crippen LogP contribution >= 0.6 is 15.9 Å². The number of hydrazine groups is 1. The Hall–Kier alpha value is -1.31. The van der Waals surface area contributed by atoms with Crippen LogP contribution in [0.1, 0.15) is 30.6 Å². The summed E-state index contributed by atoms with van der Waals surface area (Å²) in [6.07, 6.45) is 2.57. The molecule has 1 aromatic heterocycles. The molecule has 0 amide bonds. The molecule has 3 N–H and O–H groups in total. The van der Waals surface area contributed by atoms with Crippen molar-refractivity contribution in [3.05, 3.63) is 45.9 Å². The van der Waals surface area contributed by atoms with Crippen molar-refractivity contribution in [2.24, 2.45) is 5.84 Å². The molecule has 7 heteroatoms. The van der Waals surface area contributed by atoms with Gasteiger partial charge < -0.3 is 0 Å². The maximum absolute atomic E-state index is 13.5. The summed E-state index contributed by atoms with van der Waals surface area (Å²) >= 11 is 3.28. The second kappa shape index (κ2) is 6.23. The smallest absolute Gasteiger partial charge is 0.124 e. The van der Waals surface area contributed by atoms with E-state index in [1.54, 1.807) is 10.9 Å². The van der Waals surface area contributed by atoms with E-state index >= 15 is 0 Å². The van der Waals surface area contributed by atoms with Crippen LogP contribution in [0.4, 0.5) is 4.39 Å². The number of nitrogens with one attached hydrogen (secondary N) is 1. The van der Waals surface area contributed by atoms with E-state index in [-0.39, 0.29) is 11.9 Å². The normalized spacial score (nSPS) is 12.6. The van der Waals surface area contributed by atoms with Gasteiger partial charge in [-0.3, -0.25) is 5.84 Å². The largest absolute Gasteiger partial charge is 0.271 e. The Bertz CT molecular complexity index is 537. The first-order chi connectivity index (χ1) is 9.15. The van der Waals surface area contributed by atoms with Gasteiger partial charge in [-0.05, 0) is 30.2 Å². The van der Waals surface area contributed by atoms with Gasteiger partial charge in [0.05, 0.1) is 17.9 Å². The van der Waals surface area contributed by atoms with Crippen LogP contribution in [0.15, 0.2) is 28.9 Å². The fourth-order valence-corrected chi connectivity index (χ4v) is 2.45. The lowest BCUT2D eigenvalue weighted by atomic mass is 10.0. The molecule has 1 atom stereocenters. The maximum atomic E-state index is 13.5. The number of aromatic nitrogens is 3. The summed E-state index contributed by atoms with van der Waals surface area (Å²) in [4.78, 5) is 0. The Morgan fingerprint density at radius 3 is 2.89 bits per heavy atom. The quantitative estimate of drug-likeness (QED) is 0.652. The first kappa shape index (κ1) is 14.1. The van der Waals surface area contributed by atoms with E-state index in [0.717, 1.165) is 18.7 Å². The van der Waals surface area contributed by atoms with Gasteiger partial charge in [0.15, 0.2) is 0 Å². The van der Waals surface area contributed by atoms with Crippen molar-refractivity contribution in [1.82, 2.24) is 20.4 Å². The van der Waals surface area contributed by atoms with E-state index in [1.165, 1.54) is 12.1 Å². The first-order valence-corrected chi connectivity index (χ1v) is 6.75. The van der Waals surface area contributed by atoms with Gasteiger partial charge in [0.25, 0.3) is 0 Å². The van der Waals surface area contributed by atoms with Gasteiger partial charge in [-0.25, -0.2) is 14.5 Å². The van der Waals surface area contributed by atoms with Crippen LogP contribution in [-0.2, 0) is 6.54 Å². The van der Waals surface area contributed by atoms with Gasteiger partial charge in [-0.2, -0.15) is 0 Å². The summed E-state index contributed by atoms with van der Waals surface area (Å²) < 4.78 is 15.9. The molecule has 5 nitrogen and oxygen atoms in total. The minimum Gasteiger partial charge on any atom is -0.271 e. The fraction of sp³-hybridized carbons (Fsp3) is 0.333. The Kier molecular flexibility index (Phi) is 4.62. The van der Waals surface area contributed by atoms with Crippen molar-refractivity contribution < 1.29 is 4.39 Å². The lowest BCUT2D eigenvalue weighted by molar-refractivity contribution is 0.510. The van der Waals surface area contributed by atoms with E-state index in [9.17, 15) is 4.39 Å². The van der Waals surface area contributed by atoms with Gasteiger partial charge in [0.1, 0.15) is 5.82 Å². The molecule has 2 rings (SSSR count). The number of hydrogen-bond acceptors (Lipinski definition) is 4. The molecule has 2 aromatic rings. The summed E-state index contributed by atoms with van der Waals surface area (Å²) in [6, 6.07) is 4.31. The van der Waals surface area contributed by atoms with Gasteiger partial charge in [-0.15, -0.1) is 5.10 Å². The standard InChI is InChI=1S/C12H15BrFN5/c1-2-3-19-11(7-16-18-19)12(17-15)8-4-9(13)6-10(14)5-8/h4-7,12,17H,2-3,15H2,1H3. The highest BCUT2D eigenvalue weighted by Gasteiger charge is 2.18. The third-order valence-electron chi connectivity index (χ3n) is 2.76. The summed E-state index contributed by atoms with van der Waals surface area (Å²) in [5.74, 6) is 5.28. The molecule has 0 aliphatic heterocycles. The average Bonchev–Trinajstić information content (AvgIpc) is 2.78. The minimum absolute atomic E-state index is 0.320. The number of aryl methyl sites for hydroxylation is 1. The third kappa shape index (κ3) is 3.17. The third-order valence-corrected chi connectivity index (χ3v) is 3.22. The molecule has 0 aliphatic carbocycles. The maximum Gasteiger partial charge on any atom is 0.124 e. The van der Waals surface area contributed by atoms with Crippen LogP contribution in [0.3, 0.4) is 0 Å². The second-order valence-corrected chi connectivity index (χ2v) is 5.10. The van der Waals surface area contributed by atoms with Crippen LogP contribution in [-0.4, -0.2) is 15.0 Å². The Labute approximate surface area is 119 Å². The van der Waals surface area contributed by atoms with Crippen LogP contribution in [0.5, 0.6) is 0 Å². The second-order valence-electron chi connectivity index (χ2n) is 4.18. The predicted octanol–water partition coefficient (Wildman–Crippen LogP) is 2.14. The van der Waals surface area contributed by atoms with Crippen molar-refractivity contribution in [1.29, 1.82) is 0 Å². The zero-order valence-corrected chi connectivity index (χ0v) is 12.1. The molecule has 0 saturated carbocycles. The van der Waals surface area contributed by atoms with Crippen molar-refractivity contribution in [2.45, 2.75) is 25.9 Å². The summed E-state index contributed by atoms with van der Waals surface area (Å²) in [5, 5.41) is 7.90. The van der Waals surface area contributed by atoms with Crippen LogP contribution in [0.2, 0.25) is 0 Å².